The Morgan fingerprint density at radius 1 is 1.09 bits per heavy atom. The Labute approximate surface area is 188 Å². The zero-order valence-electron chi connectivity index (χ0n) is 18.2. The number of hydrogen-bond acceptors (Lipinski definition) is 6. The largest absolute Gasteiger partial charge is 0.354 e. The number of rotatable bonds is 4. The second kappa shape index (κ2) is 9.34. The molecule has 33 heavy (non-hydrogen) atoms. The number of benzene rings is 1. The van der Waals surface area contributed by atoms with Gasteiger partial charge in [-0.15, -0.1) is 0 Å². The number of nitrogens with zero attached hydrogens (tertiary/aromatic N) is 5. The van der Waals surface area contributed by atoms with Gasteiger partial charge in [0, 0.05) is 39.2 Å². The summed E-state index contributed by atoms with van der Waals surface area (Å²) in [5.74, 6) is -2.93. The van der Waals surface area contributed by atoms with Crippen LogP contribution in [0.5, 0.6) is 0 Å². The van der Waals surface area contributed by atoms with Gasteiger partial charge >= 0.3 is 0 Å². The lowest BCUT2D eigenvalue weighted by Gasteiger charge is -2.36. The highest BCUT2D eigenvalue weighted by atomic mass is 19.1. The molecule has 3 atom stereocenters. The van der Waals surface area contributed by atoms with Crippen LogP contribution in [0.2, 0.25) is 0 Å². The Bertz CT molecular complexity index is 1030. The third kappa shape index (κ3) is 4.77. The van der Waals surface area contributed by atoms with Crippen molar-refractivity contribution in [2.45, 2.75) is 25.1 Å². The first-order valence-corrected chi connectivity index (χ1v) is 10.6. The highest BCUT2D eigenvalue weighted by Crippen LogP contribution is 2.35. The van der Waals surface area contributed by atoms with Gasteiger partial charge in [0.25, 0.3) is 11.8 Å². The van der Waals surface area contributed by atoms with Gasteiger partial charge in [-0.3, -0.25) is 14.4 Å². The maximum atomic E-state index is 15.1. The number of aromatic nitrogens is 2. The van der Waals surface area contributed by atoms with Crippen LogP contribution in [0.4, 0.5) is 19.0 Å². The van der Waals surface area contributed by atoms with Crippen LogP contribution >= 0.6 is 0 Å². The molecule has 2 fully saturated rings. The number of halogens is 3. The molecule has 3 heterocycles. The van der Waals surface area contributed by atoms with Crippen molar-refractivity contribution >= 4 is 17.6 Å². The maximum Gasteiger partial charge on any atom is 0.272 e. The Morgan fingerprint density at radius 2 is 1.82 bits per heavy atom. The summed E-state index contributed by atoms with van der Waals surface area (Å²) in [5, 5.41) is 1.06. The number of anilines is 1. The minimum atomic E-state index is -1.52. The molecule has 1 aromatic heterocycles. The third-order valence-electron chi connectivity index (χ3n) is 5.85. The molecule has 0 unspecified atom stereocenters. The van der Waals surface area contributed by atoms with Crippen molar-refractivity contribution in [3.63, 3.8) is 0 Å². The second-order valence-electron chi connectivity index (χ2n) is 8.32. The lowest BCUT2D eigenvalue weighted by atomic mass is 9.92. The van der Waals surface area contributed by atoms with Crippen LogP contribution in [0.25, 0.3) is 0 Å². The first kappa shape index (κ1) is 23.0. The highest BCUT2D eigenvalue weighted by Gasteiger charge is 2.42. The number of amides is 2. The van der Waals surface area contributed by atoms with Crippen LogP contribution in [0.15, 0.2) is 30.6 Å². The summed E-state index contributed by atoms with van der Waals surface area (Å²) in [7, 11) is 3.20. The van der Waals surface area contributed by atoms with Gasteiger partial charge < -0.3 is 9.80 Å². The molecule has 176 valence electrons. The van der Waals surface area contributed by atoms with Crippen LogP contribution in [-0.2, 0) is 9.63 Å². The fraction of sp³-hybridized carbons (Fsp3) is 0.455. The van der Waals surface area contributed by atoms with Gasteiger partial charge in [0.2, 0.25) is 0 Å². The molecule has 0 radical (unpaired) electrons. The molecular formula is C22H24F3N5O3. The first-order valence-electron chi connectivity index (χ1n) is 10.6. The van der Waals surface area contributed by atoms with Gasteiger partial charge in [-0.1, -0.05) is 0 Å². The lowest BCUT2D eigenvalue weighted by molar-refractivity contribution is -0.184. The zero-order valence-corrected chi connectivity index (χ0v) is 18.2. The molecule has 2 aromatic rings. The van der Waals surface area contributed by atoms with E-state index in [1.807, 2.05) is 0 Å². The van der Waals surface area contributed by atoms with Gasteiger partial charge in [0.1, 0.15) is 35.6 Å². The Kier molecular flexibility index (Phi) is 6.50. The average molecular weight is 463 g/mol. The van der Waals surface area contributed by atoms with Crippen molar-refractivity contribution in [1.29, 1.82) is 0 Å². The summed E-state index contributed by atoms with van der Waals surface area (Å²) in [6.45, 7) is 0.417. The normalized spacial score (nSPS) is 23.0. The molecule has 2 saturated heterocycles. The van der Waals surface area contributed by atoms with Gasteiger partial charge in [0.05, 0.1) is 25.1 Å². The highest BCUT2D eigenvalue weighted by molar-refractivity contribution is 5.92. The molecule has 8 nitrogen and oxygen atoms in total. The quantitative estimate of drug-likeness (QED) is 0.694. The summed E-state index contributed by atoms with van der Waals surface area (Å²) in [5.41, 5.74) is 0.458. The van der Waals surface area contributed by atoms with Crippen molar-refractivity contribution in [3.05, 3.63) is 53.5 Å². The third-order valence-corrected chi connectivity index (χ3v) is 5.85. The van der Waals surface area contributed by atoms with Crippen LogP contribution < -0.4 is 4.90 Å². The molecule has 0 spiro atoms. The summed E-state index contributed by atoms with van der Waals surface area (Å²) in [6.07, 6.45) is 0.263. The van der Waals surface area contributed by atoms with E-state index in [2.05, 4.69) is 9.97 Å². The van der Waals surface area contributed by atoms with E-state index < -0.39 is 35.7 Å². The SMILES string of the molecule is CN(C)C(=O)c1cc(N2CC[C@H](C(=O)N3OCC[C@H]3c3cc(F)cc(F)c3)[C@H](F)C2)ncn1. The van der Waals surface area contributed by atoms with E-state index >= 15 is 4.39 Å². The summed E-state index contributed by atoms with van der Waals surface area (Å²) < 4.78 is 42.5. The molecule has 11 heteroatoms. The monoisotopic (exact) mass is 463 g/mol. The minimum absolute atomic E-state index is 0.101. The Hall–Kier alpha value is -3.21. The maximum absolute atomic E-state index is 15.1. The smallest absolute Gasteiger partial charge is 0.272 e. The number of piperidine rings is 1. The molecule has 2 aliphatic rings. The first-order chi connectivity index (χ1) is 15.7. The molecule has 2 amide bonds. The van der Waals surface area contributed by atoms with Crippen LogP contribution in [0.3, 0.4) is 0 Å². The molecule has 2 aliphatic heterocycles. The van der Waals surface area contributed by atoms with Crippen molar-refractivity contribution in [1.82, 2.24) is 19.9 Å². The van der Waals surface area contributed by atoms with E-state index in [1.54, 1.807) is 19.0 Å². The number of carbonyl (C=O) groups excluding carboxylic acids is 2. The number of carbonyl (C=O) groups is 2. The van der Waals surface area contributed by atoms with E-state index in [4.69, 9.17) is 4.84 Å². The predicted molar refractivity (Wildman–Crippen MR) is 112 cm³/mol. The average Bonchev–Trinajstić information content (AvgIpc) is 3.27. The van der Waals surface area contributed by atoms with E-state index in [1.165, 1.54) is 17.3 Å². The standard InChI is InChI=1S/C22H24F3N5O3/c1-28(2)22(32)18-10-20(27-12-26-18)29-5-3-16(17(25)11-29)21(31)30-19(4-6-33-30)13-7-14(23)9-15(24)8-13/h7-10,12,16-17,19H,3-6,11H2,1-2H3/t16-,17+,19-/m0/s1. The zero-order chi connectivity index (χ0) is 23.7. The molecule has 0 saturated carbocycles. The molecule has 0 aliphatic carbocycles. The van der Waals surface area contributed by atoms with Crippen LogP contribution in [0.1, 0.15) is 34.9 Å². The Morgan fingerprint density at radius 3 is 2.48 bits per heavy atom. The van der Waals surface area contributed by atoms with E-state index in [-0.39, 0.29) is 36.7 Å². The Balaban J connectivity index is 1.46. The minimum Gasteiger partial charge on any atom is -0.354 e. The second-order valence-corrected chi connectivity index (χ2v) is 8.32. The van der Waals surface area contributed by atoms with E-state index in [9.17, 15) is 18.4 Å². The van der Waals surface area contributed by atoms with E-state index in [0.717, 1.165) is 23.3 Å². The van der Waals surface area contributed by atoms with Crippen molar-refractivity contribution in [2.24, 2.45) is 5.92 Å². The van der Waals surface area contributed by atoms with Crippen molar-refractivity contribution in [3.8, 4) is 0 Å². The van der Waals surface area contributed by atoms with E-state index in [0.29, 0.717) is 18.8 Å². The fourth-order valence-corrected chi connectivity index (χ4v) is 4.18. The topological polar surface area (TPSA) is 78.9 Å². The molecular weight excluding hydrogens is 439 g/mol. The molecule has 0 bridgehead atoms. The lowest BCUT2D eigenvalue weighted by Crippen LogP contribution is -2.49. The van der Waals surface area contributed by atoms with Crippen LogP contribution in [0, 0.1) is 17.6 Å². The van der Waals surface area contributed by atoms with Gasteiger partial charge in [-0.2, -0.15) is 0 Å². The van der Waals surface area contributed by atoms with Gasteiger partial charge in [-0.25, -0.2) is 28.2 Å². The summed E-state index contributed by atoms with van der Waals surface area (Å²) in [4.78, 5) is 41.8. The molecule has 1 aromatic carbocycles. The number of alkyl halides is 1. The predicted octanol–water partition coefficient (Wildman–Crippen LogP) is 2.53. The van der Waals surface area contributed by atoms with Gasteiger partial charge in [0.15, 0.2) is 0 Å². The fourth-order valence-electron chi connectivity index (χ4n) is 4.18. The summed E-state index contributed by atoms with van der Waals surface area (Å²) in [6, 6.07) is 3.87. The van der Waals surface area contributed by atoms with Crippen LogP contribution in [-0.4, -0.2) is 71.7 Å². The summed E-state index contributed by atoms with van der Waals surface area (Å²) >= 11 is 0. The van der Waals surface area contributed by atoms with Gasteiger partial charge in [-0.05, 0) is 24.1 Å². The van der Waals surface area contributed by atoms with Crippen molar-refractivity contribution < 1.29 is 27.6 Å². The number of hydrogen-bond donors (Lipinski definition) is 0. The van der Waals surface area contributed by atoms with Crippen molar-refractivity contribution in [2.75, 3.05) is 38.7 Å². The molecule has 0 N–H and O–H groups in total. The number of hydroxylamine groups is 2. The molecule has 4 rings (SSSR count).